The van der Waals surface area contributed by atoms with Gasteiger partial charge in [0.2, 0.25) is 0 Å². The average molecular weight is 421 g/mol. The summed E-state index contributed by atoms with van der Waals surface area (Å²) < 4.78 is 0. The third-order valence-electron chi connectivity index (χ3n) is 6.80. The molecule has 2 atom stereocenters. The van der Waals surface area contributed by atoms with Gasteiger partial charge in [0.1, 0.15) is 0 Å². The molecule has 0 radical (unpaired) electrons. The highest BCUT2D eigenvalue weighted by Crippen LogP contribution is 2.39. The Kier molecular flexibility index (Phi) is 4.12. The summed E-state index contributed by atoms with van der Waals surface area (Å²) in [4.78, 5) is 30.3. The molecule has 0 N–H and O–H groups in total. The summed E-state index contributed by atoms with van der Waals surface area (Å²) in [5.41, 5.74) is 3.43. The van der Waals surface area contributed by atoms with Crippen molar-refractivity contribution in [3.05, 3.63) is 83.9 Å². The molecule has 4 aromatic carbocycles. The van der Waals surface area contributed by atoms with E-state index < -0.39 is 0 Å². The number of hydrogen-bond donors (Lipinski definition) is 0. The number of carbonyl (C=O) groups excluding carboxylic acids is 2. The van der Waals surface area contributed by atoms with Crippen LogP contribution in [0.4, 0.5) is 0 Å². The highest BCUT2D eigenvalue weighted by Gasteiger charge is 2.36. The molecular weight excluding hydrogens is 396 g/mol. The smallest absolute Gasteiger partial charge is 0.254 e. The average Bonchev–Trinajstić information content (AvgIpc) is 3.74. The third-order valence-corrected chi connectivity index (χ3v) is 6.80. The van der Waals surface area contributed by atoms with Crippen molar-refractivity contribution in [1.82, 2.24) is 9.80 Å². The van der Waals surface area contributed by atoms with Crippen LogP contribution in [0.2, 0.25) is 0 Å². The molecule has 0 aromatic heterocycles. The number of carbonyl (C=O) groups is 2. The van der Waals surface area contributed by atoms with E-state index in [4.69, 9.17) is 0 Å². The summed E-state index contributed by atoms with van der Waals surface area (Å²) in [6.45, 7) is 5.75. The van der Waals surface area contributed by atoms with Gasteiger partial charge in [0.05, 0.1) is 0 Å². The maximum absolute atomic E-state index is 13.3. The molecule has 2 saturated heterocycles. The van der Waals surface area contributed by atoms with Crippen LogP contribution in [0.3, 0.4) is 0 Å². The summed E-state index contributed by atoms with van der Waals surface area (Å²) in [5.74, 6) is 0.148. The SMILES string of the molecule is CC1CN1C(=O)c1cccc2cccc(-c3cccc4cccc(C(=O)N5CC5C)c34)c12. The van der Waals surface area contributed by atoms with Gasteiger partial charge in [-0.3, -0.25) is 9.59 Å². The predicted molar refractivity (Wildman–Crippen MR) is 128 cm³/mol. The summed E-state index contributed by atoms with van der Waals surface area (Å²) in [6.07, 6.45) is 0. The largest absolute Gasteiger partial charge is 0.332 e. The van der Waals surface area contributed by atoms with Gasteiger partial charge in [-0.15, -0.1) is 0 Å². The zero-order valence-electron chi connectivity index (χ0n) is 18.2. The van der Waals surface area contributed by atoms with Crippen LogP contribution in [-0.2, 0) is 0 Å². The van der Waals surface area contributed by atoms with Gasteiger partial charge in [0.25, 0.3) is 11.8 Å². The zero-order chi connectivity index (χ0) is 22.0. The minimum Gasteiger partial charge on any atom is -0.332 e. The van der Waals surface area contributed by atoms with Crippen molar-refractivity contribution in [2.45, 2.75) is 25.9 Å². The second kappa shape index (κ2) is 6.92. The van der Waals surface area contributed by atoms with E-state index in [1.54, 1.807) is 0 Å². The second-order valence-corrected chi connectivity index (χ2v) is 9.03. The fraction of sp³-hybridized carbons (Fsp3) is 0.214. The first-order valence-corrected chi connectivity index (χ1v) is 11.2. The Balaban J connectivity index is 1.62. The second-order valence-electron chi connectivity index (χ2n) is 9.03. The maximum Gasteiger partial charge on any atom is 0.254 e. The van der Waals surface area contributed by atoms with Crippen molar-refractivity contribution in [3.63, 3.8) is 0 Å². The number of rotatable bonds is 3. The van der Waals surface area contributed by atoms with E-state index in [0.717, 1.165) is 56.9 Å². The van der Waals surface area contributed by atoms with Crippen LogP contribution in [0.25, 0.3) is 32.7 Å². The first-order valence-electron chi connectivity index (χ1n) is 11.2. The van der Waals surface area contributed by atoms with Crippen LogP contribution in [0.15, 0.2) is 72.8 Å². The summed E-state index contributed by atoms with van der Waals surface area (Å²) in [6, 6.07) is 24.7. The number of nitrogens with zero attached hydrogens (tertiary/aromatic N) is 2. The molecule has 158 valence electrons. The van der Waals surface area contributed by atoms with Crippen LogP contribution >= 0.6 is 0 Å². The standard InChI is InChI=1S/C28H24N2O2/c1-17-15-29(17)27(31)23-13-5-9-19-7-3-11-21(25(19)23)22-12-4-8-20-10-6-14-24(26(20)22)28(32)30-16-18(30)2/h3-14,17-18H,15-16H2,1-2H3. The van der Waals surface area contributed by atoms with Crippen molar-refractivity contribution in [1.29, 1.82) is 0 Å². The Morgan fingerprint density at radius 3 is 1.31 bits per heavy atom. The highest BCUT2D eigenvalue weighted by molar-refractivity contribution is 6.18. The van der Waals surface area contributed by atoms with Gasteiger partial charge in [-0.2, -0.15) is 0 Å². The minimum absolute atomic E-state index is 0.0741. The Bertz CT molecular complexity index is 1300. The van der Waals surface area contributed by atoms with Gasteiger partial charge in [0.15, 0.2) is 0 Å². The molecule has 4 nitrogen and oxygen atoms in total. The normalized spacial score (nSPS) is 19.4. The molecule has 4 heteroatoms. The first-order chi connectivity index (χ1) is 15.5. The van der Waals surface area contributed by atoms with Crippen LogP contribution in [-0.4, -0.2) is 46.8 Å². The Labute approximate surface area is 187 Å². The molecule has 2 fully saturated rings. The van der Waals surface area contributed by atoms with Crippen molar-refractivity contribution < 1.29 is 9.59 Å². The molecule has 2 heterocycles. The molecule has 32 heavy (non-hydrogen) atoms. The quantitative estimate of drug-likeness (QED) is 0.419. The van der Waals surface area contributed by atoms with Crippen LogP contribution in [0.1, 0.15) is 34.6 Å². The van der Waals surface area contributed by atoms with E-state index in [0.29, 0.717) is 12.1 Å². The fourth-order valence-corrected chi connectivity index (χ4v) is 4.84. The maximum atomic E-state index is 13.3. The fourth-order valence-electron chi connectivity index (χ4n) is 4.84. The third kappa shape index (κ3) is 2.90. The number of amides is 2. The molecule has 0 bridgehead atoms. The van der Waals surface area contributed by atoms with Crippen LogP contribution in [0.5, 0.6) is 0 Å². The van der Waals surface area contributed by atoms with E-state index >= 15 is 0 Å². The molecule has 0 saturated carbocycles. The van der Waals surface area contributed by atoms with Crippen LogP contribution in [0, 0.1) is 0 Å². The van der Waals surface area contributed by atoms with Crippen molar-refractivity contribution >= 4 is 33.4 Å². The Morgan fingerprint density at radius 1 is 0.625 bits per heavy atom. The van der Waals surface area contributed by atoms with E-state index in [-0.39, 0.29) is 11.8 Å². The summed E-state index contributed by atoms with van der Waals surface area (Å²) >= 11 is 0. The van der Waals surface area contributed by atoms with Gasteiger partial charge in [-0.1, -0.05) is 60.7 Å². The molecule has 2 unspecified atom stereocenters. The van der Waals surface area contributed by atoms with E-state index in [9.17, 15) is 9.59 Å². The lowest BCUT2D eigenvalue weighted by molar-refractivity contribution is 0.0870. The van der Waals surface area contributed by atoms with Gasteiger partial charge in [0, 0.05) is 47.1 Å². The molecule has 2 aliphatic heterocycles. The molecule has 0 spiro atoms. The molecule has 0 aliphatic carbocycles. The lowest BCUT2D eigenvalue weighted by atomic mass is 9.89. The van der Waals surface area contributed by atoms with Crippen molar-refractivity contribution in [3.8, 4) is 11.1 Å². The first kappa shape index (κ1) is 19.1. The van der Waals surface area contributed by atoms with Gasteiger partial charge in [-0.25, -0.2) is 0 Å². The summed E-state index contributed by atoms with van der Waals surface area (Å²) in [5, 5.41) is 3.97. The Hall–Kier alpha value is -3.66. The van der Waals surface area contributed by atoms with Crippen molar-refractivity contribution in [2.24, 2.45) is 0 Å². The molecule has 6 rings (SSSR count). The zero-order valence-corrected chi connectivity index (χ0v) is 18.2. The van der Waals surface area contributed by atoms with Gasteiger partial charge in [-0.05, 0) is 47.9 Å². The van der Waals surface area contributed by atoms with E-state index in [1.807, 2.05) is 46.2 Å². The van der Waals surface area contributed by atoms with Crippen LogP contribution < -0.4 is 0 Å². The predicted octanol–water partition coefficient (Wildman–Crippen LogP) is 5.35. The van der Waals surface area contributed by atoms with E-state index in [2.05, 4.69) is 50.2 Å². The van der Waals surface area contributed by atoms with Gasteiger partial charge >= 0.3 is 0 Å². The minimum atomic E-state index is 0.0741. The molecule has 4 aromatic rings. The molecule has 2 amide bonds. The van der Waals surface area contributed by atoms with E-state index in [1.165, 1.54) is 0 Å². The number of benzene rings is 4. The molecular formula is C28H24N2O2. The lowest BCUT2D eigenvalue weighted by Gasteiger charge is -2.16. The monoisotopic (exact) mass is 420 g/mol. The van der Waals surface area contributed by atoms with Gasteiger partial charge < -0.3 is 9.80 Å². The highest BCUT2D eigenvalue weighted by atomic mass is 16.2. The lowest BCUT2D eigenvalue weighted by Crippen LogP contribution is -2.14. The van der Waals surface area contributed by atoms with Crippen molar-refractivity contribution in [2.75, 3.05) is 13.1 Å². The number of fused-ring (bicyclic) bond motifs is 2. The molecule has 2 aliphatic rings. The number of hydrogen-bond acceptors (Lipinski definition) is 2. The Morgan fingerprint density at radius 2 is 0.969 bits per heavy atom. The summed E-state index contributed by atoms with van der Waals surface area (Å²) in [7, 11) is 0. The topological polar surface area (TPSA) is 40.2 Å².